The molecule has 0 N–H and O–H groups in total. The van der Waals surface area contributed by atoms with Crippen molar-refractivity contribution in [3.05, 3.63) is 53.6 Å². The summed E-state index contributed by atoms with van der Waals surface area (Å²) in [6.45, 7) is 3.56. The van der Waals surface area contributed by atoms with Gasteiger partial charge in [-0.05, 0) is 44.0 Å². The van der Waals surface area contributed by atoms with Gasteiger partial charge in [-0.1, -0.05) is 24.3 Å². The maximum atomic E-state index is 13.0. The molecule has 6 heteroatoms. The molecular formula is C21H23NO5. The van der Waals surface area contributed by atoms with Crippen molar-refractivity contribution < 1.29 is 23.8 Å². The molecule has 0 fully saturated rings. The largest absolute Gasteiger partial charge is 0.496 e. The summed E-state index contributed by atoms with van der Waals surface area (Å²) in [7, 11) is 2.92. The third-order valence-corrected chi connectivity index (χ3v) is 4.71. The van der Waals surface area contributed by atoms with E-state index in [9.17, 15) is 9.59 Å². The van der Waals surface area contributed by atoms with E-state index in [0.29, 0.717) is 11.5 Å². The van der Waals surface area contributed by atoms with E-state index in [1.165, 1.54) is 14.2 Å². The number of nitrogens with zero attached hydrogens (tertiary/aromatic N) is 1. The highest BCUT2D eigenvalue weighted by Crippen LogP contribution is 2.33. The summed E-state index contributed by atoms with van der Waals surface area (Å²) in [5.41, 5.74) is 2.15. The predicted octanol–water partition coefficient (Wildman–Crippen LogP) is 3.23. The summed E-state index contributed by atoms with van der Waals surface area (Å²) in [5, 5.41) is 0. The highest BCUT2D eigenvalue weighted by Gasteiger charge is 2.35. The van der Waals surface area contributed by atoms with Crippen LogP contribution in [0.3, 0.4) is 0 Å². The number of benzene rings is 2. The van der Waals surface area contributed by atoms with Gasteiger partial charge in [-0.15, -0.1) is 0 Å². The molecule has 0 radical (unpaired) electrons. The van der Waals surface area contributed by atoms with Crippen LogP contribution in [0.25, 0.3) is 0 Å². The maximum Gasteiger partial charge on any atom is 0.346 e. The van der Waals surface area contributed by atoms with E-state index in [2.05, 4.69) is 0 Å². The molecule has 1 aliphatic heterocycles. The first-order valence-electron chi connectivity index (χ1n) is 8.80. The van der Waals surface area contributed by atoms with Crippen LogP contribution in [0.1, 0.15) is 29.8 Å². The van der Waals surface area contributed by atoms with Crippen LogP contribution in [-0.2, 0) is 16.0 Å². The van der Waals surface area contributed by atoms with Gasteiger partial charge < -0.3 is 19.1 Å². The Hall–Kier alpha value is -3.02. The van der Waals surface area contributed by atoms with Crippen molar-refractivity contribution in [2.45, 2.75) is 32.4 Å². The lowest BCUT2D eigenvalue weighted by molar-refractivity contribution is -0.126. The number of ether oxygens (including phenoxy) is 3. The molecule has 2 aromatic rings. The van der Waals surface area contributed by atoms with E-state index in [0.717, 1.165) is 17.7 Å². The van der Waals surface area contributed by atoms with E-state index < -0.39 is 12.1 Å². The summed E-state index contributed by atoms with van der Waals surface area (Å²) in [6.07, 6.45) is -0.163. The molecule has 0 saturated carbocycles. The summed E-state index contributed by atoms with van der Waals surface area (Å²) in [4.78, 5) is 27.4. The quantitative estimate of drug-likeness (QED) is 0.757. The minimum atomic E-state index is -0.944. The molecule has 0 spiro atoms. The molecule has 0 aromatic heterocycles. The van der Waals surface area contributed by atoms with Gasteiger partial charge in [0.2, 0.25) is 0 Å². The second-order valence-corrected chi connectivity index (χ2v) is 6.48. The lowest BCUT2D eigenvalue weighted by Crippen LogP contribution is -2.43. The van der Waals surface area contributed by atoms with E-state index in [4.69, 9.17) is 14.2 Å². The molecule has 1 aliphatic rings. The number of hydrogen-bond donors (Lipinski definition) is 0. The molecular weight excluding hydrogens is 346 g/mol. The highest BCUT2D eigenvalue weighted by molar-refractivity contribution is 6.02. The smallest absolute Gasteiger partial charge is 0.346 e. The van der Waals surface area contributed by atoms with Crippen LogP contribution >= 0.6 is 0 Å². The Bertz CT molecular complexity index is 841. The number of hydrogen-bond acceptors (Lipinski definition) is 5. The van der Waals surface area contributed by atoms with Crippen molar-refractivity contribution >= 4 is 17.6 Å². The number of methoxy groups -OCH3 is 2. The van der Waals surface area contributed by atoms with Crippen LogP contribution < -0.4 is 14.4 Å². The first-order valence-corrected chi connectivity index (χ1v) is 8.80. The van der Waals surface area contributed by atoms with Crippen LogP contribution in [-0.4, -0.2) is 38.2 Å². The monoisotopic (exact) mass is 369 g/mol. The van der Waals surface area contributed by atoms with E-state index in [-0.39, 0.29) is 17.5 Å². The minimum Gasteiger partial charge on any atom is -0.496 e. The number of carbonyl (C=O) groups excluding carboxylic acids is 2. The molecule has 1 amide bonds. The molecule has 0 aliphatic carbocycles. The van der Waals surface area contributed by atoms with Crippen molar-refractivity contribution in [1.82, 2.24) is 0 Å². The standard InChI is InChI=1S/C21H23NO5/c1-13-12-15-8-5-6-9-16(15)22(13)20(23)14(2)27-21(24)19-17(25-3)10-7-11-18(19)26-4/h5-11,13-14H,12H2,1-4H3/t13-,14-/m1/s1. The third-order valence-electron chi connectivity index (χ3n) is 4.71. The van der Waals surface area contributed by atoms with E-state index in [1.807, 2.05) is 31.2 Å². The molecule has 0 bridgehead atoms. The Morgan fingerprint density at radius 3 is 2.30 bits per heavy atom. The first-order chi connectivity index (χ1) is 13.0. The average molecular weight is 369 g/mol. The normalized spacial score (nSPS) is 16.4. The Morgan fingerprint density at radius 1 is 1.04 bits per heavy atom. The molecule has 27 heavy (non-hydrogen) atoms. The zero-order valence-electron chi connectivity index (χ0n) is 15.9. The molecule has 2 aromatic carbocycles. The number of amides is 1. The fourth-order valence-corrected chi connectivity index (χ4v) is 3.42. The Labute approximate surface area is 158 Å². The summed E-state index contributed by atoms with van der Waals surface area (Å²) in [5.74, 6) is -0.252. The highest BCUT2D eigenvalue weighted by atomic mass is 16.6. The van der Waals surface area contributed by atoms with Gasteiger partial charge in [0.1, 0.15) is 17.1 Å². The van der Waals surface area contributed by atoms with E-state index in [1.54, 1.807) is 30.0 Å². The molecule has 0 saturated heterocycles. The van der Waals surface area contributed by atoms with Crippen LogP contribution in [0.2, 0.25) is 0 Å². The Balaban J connectivity index is 1.81. The number of para-hydroxylation sites is 1. The summed E-state index contributed by atoms with van der Waals surface area (Å²) < 4.78 is 15.9. The van der Waals surface area contributed by atoms with Crippen LogP contribution in [0, 0.1) is 0 Å². The fraction of sp³-hybridized carbons (Fsp3) is 0.333. The lowest BCUT2D eigenvalue weighted by atomic mass is 10.1. The summed E-state index contributed by atoms with van der Waals surface area (Å²) >= 11 is 0. The van der Waals surface area contributed by atoms with Gasteiger partial charge in [0, 0.05) is 11.7 Å². The Kier molecular flexibility index (Phi) is 5.35. The van der Waals surface area contributed by atoms with E-state index >= 15 is 0 Å². The van der Waals surface area contributed by atoms with Crippen molar-refractivity contribution in [3.8, 4) is 11.5 Å². The number of anilines is 1. The van der Waals surface area contributed by atoms with Gasteiger partial charge in [0.25, 0.3) is 5.91 Å². The molecule has 6 nitrogen and oxygen atoms in total. The van der Waals surface area contributed by atoms with Crippen molar-refractivity contribution in [3.63, 3.8) is 0 Å². The zero-order valence-corrected chi connectivity index (χ0v) is 15.9. The maximum absolute atomic E-state index is 13.0. The first kappa shape index (κ1) is 18.8. The van der Waals surface area contributed by atoms with Gasteiger partial charge in [-0.25, -0.2) is 4.79 Å². The van der Waals surface area contributed by atoms with Crippen molar-refractivity contribution in [2.24, 2.45) is 0 Å². The molecule has 3 rings (SSSR count). The molecule has 0 unspecified atom stereocenters. The molecule has 142 valence electrons. The third kappa shape index (κ3) is 3.47. The van der Waals surface area contributed by atoms with Crippen LogP contribution in [0.4, 0.5) is 5.69 Å². The molecule has 2 atom stereocenters. The number of esters is 1. The minimum absolute atomic E-state index is 0.0110. The Morgan fingerprint density at radius 2 is 1.67 bits per heavy atom. The second-order valence-electron chi connectivity index (χ2n) is 6.48. The van der Waals surface area contributed by atoms with Crippen LogP contribution in [0.5, 0.6) is 11.5 Å². The van der Waals surface area contributed by atoms with Gasteiger partial charge in [0.05, 0.1) is 14.2 Å². The van der Waals surface area contributed by atoms with Gasteiger partial charge in [-0.3, -0.25) is 4.79 Å². The van der Waals surface area contributed by atoms with Gasteiger partial charge >= 0.3 is 5.97 Å². The topological polar surface area (TPSA) is 65.1 Å². The predicted molar refractivity (Wildman–Crippen MR) is 102 cm³/mol. The zero-order chi connectivity index (χ0) is 19.6. The van der Waals surface area contributed by atoms with Gasteiger partial charge in [0.15, 0.2) is 6.10 Å². The average Bonchev–Trinajstić information content (AvgIpc) is 3.01. The van der Waals surface area contributed by atoms with Crippen LogP contribution in [0.15, 0.2) is 42.5 Å². The summed E-state index contributed by atoms with van der Waals surface area (Å²) in [6, 6.07) is 12.8. The lowest BCUT2D eigenvalue weighted by Gasteiger charge is -2.26. The number of fused-ring (bicyclic) bond motifs is 1. The van der Waals surface area contributed by atoms with Crippen molar-refractivity contribution in [1.29, 1.82) is 0 Å². The number of carbonyl (C=O) groups is 2. The van der Waals surface area contributed by atoms with Gasteiger partial charge in [-0.2, -0.15) is 0 Å². The number of rotatable bonds is 5. The fourth-order valence-electron chi connectivity index (χ4n) is 3.42. The second kappa shape index (κ2) is 7.70. The molecule has 1 heterocycles. The van der Waals surface area contributed by atoms with Crippen molar-refractivity contribution in [2.75, 3.05) is 19.1 Å². The SMILES string of the molecule is COc1cccc(OC)c1C(=O)O[C@H](C)C(=O)N1c2ccccc2C[C@H]1C.